The van der Waals surface area contributed by atoms with Crippen molar-refractivity contribution in [2.75, 3.05) is 33.8 Å². The van der Waals surface area contributed by atoms with Crippen LogP contribution in [0.1, 0.15) is 61.8 Å². The number of carbonyl (C=O) groups is 2. The van der Waals surface area contributed by atoms with E-state index in [1.165, 1.54) is 19.2 Å². The number of carbonyl (C=O) groups excluding carboxylic acids is 2. The molecule has 0 bridgehead atoms. The first kappa shape index (κ1) is 23.6. The summed E-state index contributed by atoms with van der Waals surface area (Å²) in [6, 6.07) is 2.55. The summed E-state index contributed by atoms with van der Waals surface area (Å²) in [6.45, 7) is 3.96. The third-order valence-electron chi connectivity index (χ3n) is 7.57. The van der Waals surface area contributed by atoms with Gasteiger partial charge < -0.3 is 15.0 Å². The number of hydrogen-bond donors (Lipinski definition) is 2. The number of Topliss-reactive ketones (excluding diaryl/α,β-unsaturated/α-hetero) is 1. The summed E-state index contributed by atoms with van der Waals surface area (Å²) < 4.78 is 21.7. The van der Waals surface area contributed by atoms with E-state index in [-0.39, 0.29) is 28.8 Å². The zero-order chi connectivity index (χ0) is 23.8. The van der Waals surface area contributed by atoms with Crippen LogP contribution in [-0.2, 0) is 9.53 Å². The van der Waals surface area contributed by atoms with Crippen molar-refractivity contribution in [3.8, 4) is 0 Å². The number of piperidine rings is 1. The molecular weight excluding hydrogens is 427 g/mol. The first-order chi connectivity index (χ1) is 15.7. The highest BCUT2D eigenvalue weighted by atomic mass is 19.1. The molecule has 9 heteroatoms. The third kappa shape index (κ3) is 4.75. The van der Waals surface area contributed by atoms with Crippen LogP contribution in [0, 0.1) is 11.7 Å². The molecule has 2 aromatic rings. The first-order valence-electron chi connectivity index (χ1n) is 11.7. The molecule has 1 aliphatic carbocycles. The van der Waals surface area contributed by atoms with Crippen molar-refractivity contribution >= 4 is 22.7 Å². The fourth-order valence-corrected chi connectivity index (χ4v) is 5.26. The SMILES string of the molecule is CNC(=O)c1cc2[nH]c(=O)n(C3CCN(CC(=O)[C@H]4CC[C@@](C)(OC)CC4)CC3)c2cc1F. The van der Waals surface area contributed by atoms with Crippen molar-refractivity contribution in [1.82, 2.24) is 19.8 Å². The molecule has 1 aliphatic heterocycles. The van der Waals surface area contributed by atoms with Crippen LogP contribution < -0.4 is 11.0 Å². The van der Waals surface area contributed by atoms with Gasteiger partial charge in [0, 0.05) is 45.3 Å². The molecule has 0 atom stereocenters. The van der Waals surface area contributed by atoms with Gasteiger partial charge in [0.15, 0.2) is 0 Å². The maximum absolute atomic E-state index is 14.5. The summed E-state index contributed by atoms with van der Waals surface area (Å²) in [6.07, 6.45) is 4.95. The zero-order valence-electron chi connectivity index (χ0n) is 19.6. The van der Waals surface area contributed by atoms with E-state index in [0.717, 1.165) is 25.7 Å². The van der Waals surface area contributed by atoms with E-state index in [1.54, 1.807) is 11.7 Å². The van der Waals surface area contributed by atoms with Crippen LogP contribution in [0.2, 0.25) is 0 Å². The van der Waals surface area contributed by atoms with Gasteiger partial charge >= 0.3 is 5.69 Å². The molecule has 0 unspecified atom stereocenters. The standard InChI is InChI=1S/C24H33FN4O4/c1-24(33-3)8-4-15(5-9-24)21(30)14-28-10-6-16(7-11-28)29-20-13-18(25)17(22(31)26-2)12-19(20)27-23(29)32/h12-13,15-16H,4-11,14H2,1-3H3,(H,26,31)(H,27,32)/t15-,24+. The molecule has 2 heterocycles. The second kappa shape index (κ2) is 9.38. The second-order valence-electron chi connectivity index (χ2n) is 9.63. The zero-order valence-corrected chi connectivity index (χ0v) is 19.6. The molecule has 1 saturated carbocycles. The van der Waals surface area contributed by atoms with Crippen LogP contribution in [0.15, 0.2) is 16.9 Å². The molecule has 0 radical (unpaired) electrons. The fourth-order valence-electron chi connectivity index (χ4n) is 5.26. The lowest BCUT2D eigenvalue weighted by Crippen LogP contribution is -2.42. The summed E-state index contributed by atoms with van der Waals surface area (Å²) in [5.41, 5.74) is 0.389. The number of fused-ring (bicyclic) bond motifs is 1. The molecule has 33 heavy (non-hydrogen) atoms. The van der Waals surface area contributed by atoms with Gasteiger partial charge in [-0.15, -0.1) is 0 Å². The Balaban J connectivity index is 1.39. The molecule has 1 amide bonds. The lowest BCUT2D eigenvalue weighted by molar-refractivity contribution is -0.127. The van der Waals surface area contributed by atoms with Crippen LogP contribution in [0.5, 0.6) is 0 Å². The van der Waals surface area contributed by atoms with Crippen molar-refractivity contribution in [3.63, 3.8) is 0 Å². The number of ether oxygens (including phenoxy) is 1. The van der Waals surface area contributed by atoms with E-state index in [2.05, 4.69) is 22.1 Å². The third-order valence-corrected chi connectivity index (χ3v) is 7.57. The number of methoxy groups -OCH3 is 1. The molecule has 2 aliphatic rings. The predicted octanol–water partition coefficient (Wildman–Crippen LogP) is 2.63. The van der Waals surface area contributed by atoms with E-state index in [1.807, 2.05) is 0 Å². The van der Waals surface area contributed by atoms with Crippen LogP contribution in [0.4, 0.5) is 4.39 Å². The lowest BCUT2D eigenvalue weighted by Gasteiger charge is -2.37. The maximum Gasteiger partial charge on any atom is 0.326 e. The largest absolute Gasteiger partial charge is 0.379 e. The number of hydrogen-bond acceptors (Lipinski definition) is 5. The summed E-state index contributed by atoms with van der Waals surface area (Å²) in [5, 5.41) is 2.41. The van der Waals surface area contributed by atoms with Gasteiger partial charge in [0.25, 0.3) is 5.91 Å². The average molecular weight is 461 g/mol. The van der Waals surface area contributed by atoms with Gasteiger partial charge in [-0.05, 0) is 51.5 Å². The Morgan fingerprint density at radius 3 is 2.48 bits per heavy atom. The number of aromatic nitrogens is 2. The van der Waals surface area contributed by atoms with Crippen molar-refractivity contribution in [1.29, 1.82) is 0 Å². The molecular formula is C24H33FN4O4. The lowest BCUT2D eigenvalue weighted by atomic mass is 9.78. The fraction of sp³-hybridized carbons (Fsp3) is 0.625. The van der Waals surface area contributed by atoms with Gasteiger partial charge in [0.2, 0.25) is 0 Å². The summed E-state index contributed by atoms with van der Waals surface area (Å²) in [7, 11) is 3.17. The Morgan fingerprint density at radius 1 is 1.21 bits per heavy atom. The van der Waals surface area contributed by atoms with E-state index in [0.29, 0.717) is 49.3 Å². The quantitative estimate of drug-likeness (QED) is 0.691. The first-order valence-corrected chi connectivity index (χ1v) is 11.7. The Kier molecular flexibility index (Phi) is 6.72. The Labute approximate surface area is 192 Å². The number of halogens is 1. The second-order valence-corrected chi connectivity index (χ2v) is 9.63. The van der Waals surface area contributed by atoms with Gasteiger partial charge in [-0.2, -0.15) is 0 Å². The van der Waals surface area contributed by atoms with Gasteiger partial charge in [-0.25, -0.2) is 9.18 Å². The van der Waals surface area contributed by atoms with Crippen LogP contribution >= 0.6 is 0 Å². The number of nitrogens with zero attached hydrogens (tertiary/aromatic N) is 2. The number of rotatable bonds is 6. The van der Waals surface area contributed by atoms with Gasteiger partial charge in [-0.1, -0.05) is 0 Å². The molecule has 1 aromatic heterocycles. The molecule has 1 saturated heterocycles. The molecule has 0 spiro atoms. The maximum atomic E-state index is 14.5. The van der Waals surface area contributed by atoms with E-state index >= 15 is 0 Å². The highest BCUT2D eigenvalue weighted by Gasteiger charge is 2.34. The molecule has 2 fully saturated rings. The molecule has 4 rings (SSSR count). The van der Waals surface area contributed by atoms with Crippen LogP contribution in [0.25, 0.3) is 11.0 Å². The van der Waals surface area contributed by atoms with Crippen molar-refractivity contribution in [2.45, 2.75) is 57.1 Å². The Hall–Kier alpha value is -2.52. The molecule has 1 aromatic carbocycles. The highest BCUT2D eigenvalue weighted by Crippen LogP contribution is 2.35. The number of likely N-dealkylation sites (tertiary alicyclic amines) is 1. The number of nitrogens with one attached hydrogen (secondary N) is 2. The Morgan fingerprint density at radius 2 is 1.88 bits per heavy atom. The molecule has 180 valence electrons. The smallest absolute Gasteiger partial charge is 0.326 e. The van der Waals surface area contributed by atoms with Gasteiger partial charge in [0.1, 0.15) is 11.6 Å². The minimum Gasteiger partial charge on any atom is -0.379 e. The monoisotopic (exact) mass is 460 g/mol. The molecule has 2 N–H and O–H groups in total. The van der Waals surface area contributed by atoms with Crippen LogP contribution in [0.3, 0.4) is 0 Å². The van der Waals surface area contributed by atoms with Crippen molar-refractivity contribution in [2.24, 2.45) is 5.92 Å². The van der Waals surface area contributed by atoms with Gasteiger partial charge in [-0.3, -0.25) is 19.1 Å². The normalized spacial score (nSPS) is 24.8. The number of benzene rings is 1. The minimum absolute atomic E-state index is 0.0834. The highest BCUT2D eigenvalue weighted by molar-refractivity contribution is 5.97. The number of ketones is 1. The number of amides is 1. The van der Waals surface area contributed by atoms with Crippen molar-refractivity contribution in [3.05, 3.63) is 34.0 Å². The van der Waals surface area contributed by atoms with Crippen LogP contribution in [-0.4, -0.2) is 65.5 Å². The topological polar surface area (TPSA) is 96.4 Å². The Bertz CT molecular complexity index is 1090. The van der Waals surface area contributed by atoms with E-state index in [9.17, 15) is 18.8 Å². The summed E-state index contributed by atoms with van der Waals surface area (Å²) in [5.74, 6) is -0.806. The number of H-pyrrole nitrogens is 1. The van der Waals surface area contributed by atoms with E-state index in [4.69, 9.17) is 4.74 Å². The summed E-state index contributed by atoms with van der Waals surface area (Å²) in [4.78, 5) is 42.3. The van der Waals surface area contributed by atoms with E-state index < -0.39 is 11.7 Å². The summed E-state index contributed by atoms with van der Waals surface area (Å²) >= 11 is 0. The van der Waals surface area contributed by atoms with Crippen molar-refractivity contribution < 1.29 is 18.7 Å². The minimum atomic E-state index is -0.658. The predicted molar refractivity (Wildman–Crippen MR) is 123 cm³/mol. The molecule has 8 nitrogen and oxygen atoms in total. The number of imidazole rings is 1. The number of aromatic amines is 1. The average Bonchev–Trinajstić information content (AvgIpc) is 3.13. The van der Waals surface area contributed by atoms with Gasteiger partial charge in [0.05, 0.1) is 28.7 Å².